The van der Waals surface area contributed by atoms with Gasteiger partial charge in [0.15, 0.2) is 0 Å². The summed E-state index contributed by atoms with van der Waals surface area (Å²) in [5.41, 5.74) is 5.99. The molecule has 1 fully saturated rings. The number of halogens is 1. The van der Waals surface area contributed by atoms with E-state index in [9.17, 15) is 14.9 Å². The Hall–Kier alpha value is -1.70. The van der Waals surface area contributed by atoms with E-state index in [1.165, 1.54) is 6.07 Å². The summed E-state index contributed by atoms with van der Waals surface area (Å²) in [6.45, 7) is 5.49. The Morgan fingerprint density at radius 3 is 2.62 bits per heavy atom. The van der Waals surface area contributed by atoms with Crippen LogP contribution in [-0.4, -0.2) is 41.4 Å². The first kappa shape index (κ1) is 20.3. The molecule has 1 amide bonds. The fourth-order valence-corrected chi connectivity index (χ4v) is 3.09. The topological polar surface area (TPSA) is 102 Å². The molecule has 0 unspecified atom stereocenters. The molecule has 8 heteroatoms. The van der Waals surface area contributed by atoms with Gasteiger partial charge in [0.1, 0.15) is 0 Å². The van der Waals surface area contributed by atoms with E-state index < -0.39 is 10.8 Å². The number of amides is 1. The number of nitrogens with two attached hydrogens (primary N) is 1. The molecule has 2 rings (SSSR count). The van der Waals surface area contributed by atoms with Gasteiger partial charge in [-0.2, -0.15) is 0 Å². The van der Waals surface area contributed by atoms with Crippen LogP contribution < -0.4 is 11.1 Å². The van der Waals surface area contributed by atoms with Crippen molar-refractivity contribution >= 4 is 24.0 Å². The molecule has 3 N–H and O–H groups in total. The van der Waals surface area contributed by atoms with Crippen molar-refractivity contribution in [3.8, 4) is 0 Å². The van der Waals surface area contributed by atoms with Crippen molar-refractivity contribution in [2.24, 2.45) is 5.73 Å². The number of benzene rings is 1. The number of nitrogens with one attached hydrogen (secondary N) is 1. The van der Waals surface area contributed by atoms with Crippen LogP contribution in [0.25, 0.3) is 0 Å². The second-order valence-corrected chi connectivity index (χ2v) is 5.92. The molecule has 24 heavy (non-hydrogen) atoms. The lowest BCUT2D eigenvalue weighted by Gasteiger charge is -2.34. The molecule has 0 atom stereocenters. The Bertz CT molecular complexity index is 576. The first-order valence-electron chi connectivity index (χ1n) is 8.04. The van der Waals surface area contributed by atoms with Gasteiger partial charge in [0.2, 0.25) is 5.91 Å². The Labute approximate surface area is 148 Å². The van der Waals surface area contributed by atoms with Gasteiger partial charge in [-0.1, -0.05) is 13.0 Å². The van der Waals surface area contributed by atoms with Crippen LogP contribution >= 0.6 is 12.4 Å². The highest BCUT2D eigenvalue weighted by Crippen LogP contribution is 2.24. The molecule has 1 aromatic rings. The smallest absolute Gasteiger partial charge is 0.274 e. The molecule has 1 aliphatic heterocycles. The minimum atomic E-state index is -0.650. The summed E-state index contributed by atoms with van der Waals surface area (Å²) < 4.78 is 0. The number of nitrogens with zero attached hydrogens (tertiary/aromatic N) is 2. The van der Waals surface area contributed by atoms with Crippen LogP contribution in [0.4, 0.5) is 5.69 Å². The first-order valence-corrected chi connectivity index (χ1v) is 8.04. The maximum Gasteiger partial charge on any atom is 0.274 e. The van der Waals surface area contributed by atoms with E-state index in [1.807, 2.05) is 0 Å². The van der Waals surface area contributed by atoms with Crippen LogP contribution in [0.15, 0.2) is 18.2 Å². The summed E-state index contributed by atoms with van der Waals surface area (Å²) in [6, 6.07) is 4.94. The average Bonchev–Trinajstić information content (AvgIpc) is 2.55. The highest BCUT2D eigenvalue weighted by Gasteiger charge is 2.24. The van der Waals surface area contributed by atoms with Gasteiger partial charge < -0.3 is 11.1 Å². The fraction of sp³-hybridized carbons (Fsp3) is 0.562. The molecule has 0 aliphatic carbocycles. The van der Waals surface area contributed by atoms with Crippen LogP contribution in [0.2, 0.25) is 0 Å². The summed E-state index contributed by atoms with van der Waals surface area (Å²) in [6.07, 6.45) is 3.09. The van der Waals surface area contributed by atoms with E-state index in [4.69, 9.17) is 5.73 Å². The molecular weight excluding hydrogens is 332 g/mol. The monoisotopic (exact) mass is 356 g/mol. The average molecular weight is 357 g/mol. The Morgan fingerprint density at radius 1 is 1.42 bits per heavy atom. The predicted molar refractivity (Wildman–Crippen MR) is 95.5 cm³/mol. The fourth-order valence-electron chi connectivity index (χ4n) is 3.09. The van der Waals surface area contributed by atoms with Gasteiger partial charge in [-0.15, -0.1) is 12.4 Å². The van der Waals surface area contributed by atoms with Crippen LogP contribution in [0, 0.1) is 10.1 Å². The predicted octanol–water partition coefficient (Wildman–Crippen LogP) is 2.08. The first-order chi connectivity index (χ1) is 11.0. The number of hydrogen-bond acceptors (Lipinski definition) is 5. The summed E-state index contributed by atoms with van der Waals surface area (Å²) >= 11 is 0. The molecule has 1 heterocycles. The van der Waals surface area contributed by atoms with Crippen molar-refractivity contribution in [3.05, 3.63) is 39.4 Å². The Morgan fingerprint density at radius 2 is 2.08 bits per heavy atom. The molecule has 0 spiro atoms. The normalized spacial score (nSPS) is 15.1. The van der Waals surface area contributed by atoms with Gasteiger partial charge in [-0.3, -0.25) is 19.8 Å². The van der Waals surface area contributed by atoms with Crippen molar-refractivity contribution in [2.75, 3.05) is 19.6 Å². The number of carbonyl (C=O) groups is 1. The zero-order chi connectivity index (χ0) is 16.8. The molecule has 7 nitrogen and oxygen atoms in total. The van der Waals surface area contributed by atoms with Crippen LogP contribution in [-0.2, 0) is 6.54 Å². The third-order valence-corrected chi connectivity index (χ3v) is 4.28. The third-order valence-electron chi connectivity index (χ3n) is 4.28. The second kappa shape index (κ2) is 9.56. The second-order valence-electron chi connectivity index (χ2n) is 5.92. The number of nitro benzene ring substituents is 1. The lowest BCUT2D eigenvalue weighted by Crippen LogP contribution is -2.43. The van der Waals surface area contributed by atoms with Crippen molar-refractivity contribution in [3.63, 3.8) is 0 Å². The zero-order valence-electron chi connectivity index (χ0n) is 13.9. The molecule has 0 aromatic heterocycles. The SMILES string of the molecule is CCCN(Cc1ccc(C(N)=O)cc1[N+](=O)[O-])C1CCNCC1.Cl. The summed E-state index contributed by atoms with van der Waals surface area (Å²) in [5, 5.41) is 14.7. The molecule has 1 saturated heterocycles. The number of carbonyl (C=O) groups excluding carboxylic acids is 1. The van der Waals surface area contributed by atoms with Crippen molar-refractivity contribution < 1.29 is 9.72 Å². The molecule has 0 bridgehead atoms. The standard InChI is InChI=1S/C16H24N4O3.ClH/c1-2-9-19(14-5-7-18-8-6-14)11-13-4-3-12(16(17)21)10-15(13)20(22)23;/h3-4,10,14,18H,2,5-9,11H2,1H3,(H2,17,21);1H. The number of piperidine rings is 1. The molecular formula is C16H25ClN4O3. The highest BCUT2D eigenvalue weighted by atomic mass is 35.5. The zero-order valence-corrected chi connectivity index (χ0v) is 14.7. The van der Waals surface area contributed by atoms with Crippen LogP contribution in [0.3, 0.4) is 0 Å². The van der Waals surface area contributed by atoms with Gasteiger partial charge in [0, 0.05) is 29.8 Å². The number of nitro groups is 1. The van der Waals surface area contributed by atoms with Gasteiger partial charge in [0.05, 0.1) is 4.92 Å². The Kier molecular flexibility index (Phi) is 8.10. The maximum atomic E-state index is 11.3. The molecule has 0 radical (unpaired) electrons. The Balaban J connectivity index is 0.00000288. The highest BCUT2D eigenvalue weighted by molar-refractivity contribution is 5.93. The quantitative estimate of drug-likeness (QED) is 0.575. The lowest BCUT2D eigenvalue weighted by molar-refractivity contribution is -0.385. The van der Waals surface area contributed by atoms with Gasteiger partial charge in [-0.05, 0) is 45.0 Å². The molecule has 134 valence electrons. The minimum Gasteiger partial charge on any atom is -0.366 e. The molecule has 1 aromatic carbocycles. The molecule has 1 aliphatic rings. The molecule has 0 saturated carbocycles. The van der Waals surface area contributed by atoms with E-state index >= 15 is 0 Å². The van der Waals surface area contributed by atoms with E-state index in [-0.39, 0.29) is 23.7 Å². The number of primary amides is 1. The van der Waals surface area contributed by atoms with Crippen LogP contribution in [0.1, 0.15) is 42.1 Å². The van der Waals surface area contributed by atoms with E-state index in [1.54, 1.807) is 12.1 Å². The van der Waals surface area contributed by atoms with Gasteiger partial charge in [-0.25, -0.2) is 0 Å². The van der Waals surface area contributed by atoms with Crippen LogP contribution in [0.5, 0.6) is 0 Å². The summed E-state index contributed by atoms with van der Waals surface area (Å²) in [5.74, 6) is -0.650. The number of rotatable bonds is 7. The maximum absolute atomic E-state index is 11.3. The number of hydrogen-bond donors (Lipinski definition) is 2. The third kappa shape index (κ3) is 5.15. The van der Waals surface area contributed by atoms with Crippen molar-refractivity contribution in [1.82, 2.24) is 10.2 Å². The van der Waals surface area contributed by atoms with E-state index in [2.05, 4.69) is 17.1 Å². The van der Waals surface area contributed by atoms with Crippen molar-refractivity contribution in [2.45, 2.75) is 38.8 Å². The van der Waals surface area contributed by atoms with Crippen molar-refractivity contribution in [1.29, 1.82) is 0 Å². The minimum absolute atomic E-state index is 0. The largest absolute Gasteiger partial charge is 0.366 e. The van der Waals surface area contributed by atoms with E-state index in [0.717, 1.165) is 38.9 Å². The van der Waals surface area contributed by atoms with Gasteiger partial charge in [0.25, 0.3) is 5.69 Å². The van der Waals surface area contributed by atoms with E-state index in [0.29, 0.717) is 18.2 Å². The van der Waals surface area contributed by atoms with Gasteiger partial charge >= 0.3 is 0 Å². The summed E-state index contributed by atoms with van der Waals surface area (Å²) in [7, 11) is 0. The summed E-state index contributed by atoms with van der Waals surface area (Å²) in [4.78, 5) is 24.5. The lowest BCUT2D eigenvalue weighted by atomic mass is 10.0.